The number of nitrogens with zero attached hydrogens (tertiary/aromatic N) is 3. The van der Waals surface area contributed by atoms with E-state index in [1.807, 2.05) is 6.92 Å². The summed E-state index contributed by atoms with van der Waals surface area (Å²) >= 11 is 0. The molecule has 6 heteroatoms. The lowest BCUT2D eigenvalue weighted by atomic mass is 10.3. The second kappa shape index (κ2) is 5.29. The Labute approximate surface area is 93.9 Å². The molecule has 1 aromatic rings. The lowest BCUT2D eigenvalue weighted by molar-refractivity contribution is -0.138. The fraction of sp³-hybridized carbons (Fsp3) is 0.500. The minimum Gasteiger partial charge on any atom is -0.480 e. The summed E-state index contributed by atoms with van der Waals surface area (Å²) < 4.78 is 5.19. The molecular weight excluding hydrogens is 210 g/mol. The largest absolute Gasteiger partial charge is 0.480 e. The number of carbonyl (C=O) groups is 1. The number of hydrogen-bond acceptors (Lipinski definition) is 5. The Balaban J connectivity index is 2.86. The third-order valence-corrected chi connectivity index (χ3v) is 2.19. The van der Waals surface area contributed by atoms with E-state index in [-0.39, 0.29) is 0 Å². The molecule has 88 valence electrons. The standard InChI is InChI=1S/C10H15N3O3/c1-4-16-9-6-11-5-8(12-9)13(3)7(2)10(14)15/h5-7H,4H2,1-3H3,(H,14,15). The summed E-state index contributed by atoms with van der Waals surface area (Å²) in [5.41, 5.74) is 0. The summed E-state index contributed by atoms with van der Waals surface area (Å²) in [5, 5.41) is 8.87. The number of aliphatic carboxylic acids is 1. The van der Waals surface area contributed by atoms with Crippen molar-refractivity contribution in [3.63, 3.8) is 0 Å². The quantitative estimate of drug-likeness (QED) is 0.798. The van der Waals surface area contributed by atoms with E-state index in [0.29, 0.717) is 18.3 Å². The van der Waals surface area contributed by atoms with E-state index in [1.165, 1.54) is 17.3 Å². The summed E-state index contributed by atoms with van der Waals surface area (Å²) in [6.45, 7) is 3.92. The molecule has 1 N–H and O–H groups in total. The van der Waals surface area contributed by atoms with E-state index in [0.717, 1.165) is 0 Å². The molecule has 1 atom stereocenters. The molecule has 0 aliphatic heterocycles. The van der Waals surface area contributed by atoms with E-state index in [2.05, 4.69) is 9.97 Å². The first-order valence-electron chi connectivity index (χ1n) is 4.96. The maximum Gasteiger partial charge on any atom is 0.326 e. The third kappa shape index (κ3) is 2.82. The van der Waals surface area contributed by atoms with E-state index >= 15 is 0 Å². The highest BCUT2D eigenvalue weighted by Gasteiger charge is 2.18. The number of carboxylic acids is 1. The number of hydrogen-bond donors (Lipinski definition) is 1. The molecule has 0 spiro atoms. The van der Waals surface area contributed by atoms with Crippen LogP contribution in [0.3, 0.4) is 0 Å². The van der Waals surface area contributed by atoms with Gasteiger partial charge in [0.15, 0.2) is 5.82 Å². The zero-order valence-corrected chi connectivity index (χ0v) is 9.54. The summed E-state index contributed by atoms with van der Waals surface area (Å²) in [4.78, 5) is 20.4. The highest BCUT2D eigenvalue weighted by molar-refractivity contribution is 5.76. The van der Waals surface area contributed by atoms with Crippen LogP contribution in [0.5, 0.6) is 5.88 Å². The Kier molecular flexibility index (Phi) is 4.04. The van der Waals surface area contributed by atoms with Crippen molar-refractivity contribution in [3.8, 4) is 5.88 Å². The van der Waals surface area contributed by atoms with Gasteiger partial charge in [-0.15, -0.1) is 0 Å². The Hall–Kier alpha value is -1.85. The zero-order valence-electron chi connectivity index (χ0n) is 9.54. The normalized spacial score (nSPS) is 11.9. The van der Waals surface area contributed by atoms with Crippen molar-refractivity contribution in [1.29, 1.82) is 0 Å². The van der Waals surface area contributed by atoms with Crippen LogP contribution in [0, 0.1) is 0 Å². The smallest absolute Gasteiger partial charge is 0.326 e. The monoisotopic (exact) mass is 225 g/mol. The number of anilines is 1. The third-order valence-electron chi connectivity index (χ3n) is 2.19. The molecule has 0 bridgehead atoms. The predicted molar refractivity (Wildman–Crippen MR) is 58.7 cm³/mol. The van der Waals surface area contributed by atoms with Crippen LogP contribution in [0.2, 0.25) is 0 Å². The van der Waals surface area contributed by atoms with Crippen molar-refractivity contribution in [3.05, 3.63) is 12.4 Å². The molecule has 0 aliphatic rings. The van der Waals surface area contributed by atoms with Gasteiger partial charge in [0.1, 0.15) is 6.04 Å². The number of rotatable bonds is 5. The van der Waals surface area contributed by atoms with Gasteiger partial charge in [0.2, 0.25) is 5.88 Å². The first kappa shape index (κ1) is 12.2. The number of aromatic nitrogens is 2. The van der Waals surface area contributed by atoms with E-state index in [1.54, 1.807) is 14.0 Å². The second-order valence-corrected chi connectivity index (χ2v) is 3.27. The molecule has 1 heterocycles. The molecule has 0 aliphatic carbocycles. The Bertz CT molecular complexity index is 370. The van der Waals surface area contributed by atoms with Crippen LogP contribution in [0.25, 0.3) is 0 Å². The molecule has 1 aromatic heterocycles. The summed E-state index contributed by atoms with van der Waals surface area (Å²) in [6, 6.07) is -0.661. The van der Waals surface area contributed by atoms with E-state index < -0.39 is 12.0 Å². The lowest BCUT2D eigenvalue weighted by Gasteiger charge is -2.22. The second-order valence-electron chi connectivity index (χ2n) is 3.27. The maximum absolute atomic E-state index is 10.8. The number of likely N-dealkylation sites (N-methyl/N-ethyl adjacent to an activating group) is 1. The molecule has 1 unspecified atom stereocenters. The zero-order chi connectivity index (χ0) is 12.1. The first-order valence-corrected chi connectivity index (χ1v) is 4.96. The van der Waals surface area contributed by atoms with Crippen LogP contribution >= 0.6 is 0 Å². The van der Waals surface area contributed by atoms with Crippen molar-refractivity contribution in [1.82, 2.24) is 9.97 Å². The molecule has 0 saturated carbocycles. The molecule has 6 nitrogen and oxygen atoms in total. The minimum atomic E-state index is -0.911. The van der Waals surface area contributed by atoms with Crippen molar-refractivity contribution < 1.29 is 14.6 Å². The van der Waals surface area contributed by atoms with Gasteiger partial charge in [0.05, 0.1) is 19.0 Å². The van der Waals surface area contributed by atoms with E-state index in [4.69, 9.17) is 9.84 Å². The fourth-order valence-electron chi connectivity index (χ4n) is 1.09. The summed E-state index contributed by atoms with van der Waals surface area (Å²) in [6.07, 6.45) is 2.99. The van der Waals surface area contributed by atoms with Gasteiger partial charge in [0, 0.05) is 7.05 Å². The Morgan fingerprint density at radius 2 is 2.31 bits per heavy atom. The summed E-state index contributed by atoms with van der Waals surface area (Å²) in [7, 11) is 1.65. The first-order chi connectivity index (χ1) is 7.56. The molecule has 1 rings (SSSR count). The molecule has 0 fully saturated rings. The number of ether oxygens (including phenoxy) is 1. The maximum atomic E-state index is 10.8. The molecule has 0 aromatic carbocycles. The highest BCUT2D eigenvalue weighted by Crippen LogP contribution is 2.14. The highest BCUT2D eigenvalue weighted by atomic mass is 16.5. The van der Waals surface area contributed by atoms with Gasteiger partial charge in [-0.1, -0.05) is 0 Å². The van der Waals surface area contributed by atoms with Crippen molar-refractivity contribution >= 4 is 11.8 Å². The van der Waals surface area contributed by atoms with Gasteiger partial charge in [0.25, 0.3) is 0 Å². The average Bonchev–Trinajstić information content (AvgIpc) is 2.28. The van der Waals surface area contributed by atoms with Crippen LogP contribution in [0.1, 0.15) is 13.8 Å². The Morgan fingerprint density at radius 3 is 2.88 bits per heavy atom. The van der Waals surface area contributed by atoms with Gasteiger partial charge >= 0.3 is 5.97 Å². The lowest BCUT2D eigenvalue weighted by Crippen LogP contribution is -2.36. The molecule has 0 amide bonds. The van der Waals surface area contributed by atoms with Crippen LogP contribution in [0.4, 0.5) is 5.82 Å². The van der Waals surface area contributed by atoms with Crippen molar-refractivity contribution in [2.24, 2.45) is 0 Å². The SMILES string of the molecule is CCOc1cncc(N(C)C(C)C(=O)O)n1. The number of carboxylic acid groups (broad SMARTS) is 1. The topological polar surface area (TPSA) is 75.5 Å². The van der Waals surface area contributed by atoms with E-state index in [9.17, 15) is 4.79 Å². The molecule has 16 heavy (non-hydrogen) atoms. The van der Waals surface area contributed by atoms with Gasteiger partial charge < -0.3 is 14.7 Å². The molecular formula is C10H15N3O3. The van der Waals surface area contributed by atoms with Crippen LogP contribution in [-0.2, 0) is 4.79 Å². The van der Waals surface area contributed by atoms with Crippen molar-refractivity contribution in [2.75, 3.05) is 18.6 Å². The predicted octanol–water partition coefficient (Wildman–Crippen LogP) is 0.785. The van der Waals surface area contributed by atoms with Gasteiger partial charge in [-0.3, -0.25) is 4.98 Å². The van der Waals surface area contributed by atoms with Gasteiger partial charge in [-0.2, -0.15) is 4.98 Å². The average molecular weight is 225 g/mol. The van der Waals surface area contributed by atoms with Crippen molar-refractivity contribution in [2.45, 2.75) is 19.9 Å². The Morgan fingerprint density at radius 1 is 1.62 bits per heavy atom. The molecule has 0 saturated heterocycles. The minimum absolute atomic E-state index is 0.393. The molecule has 0 radical (unpaired) electrons. The van der Waals surface area contributed by atoms with Crippen LogP contribution < -0.4 is 9.64 Å². The van der Waals surface area contributed by atoms with Gasteiger partial charge in [-0.05, 0) is 13.8 Å². The summed E-state index contributed by atoms with van der Waals surface area (Å²) in [5.74, 6) is -0.0450. The van der Waals surface area contributed by atoms with Gasteiger partial charge in [-0.25, -0.2) is 4.79 Å². The van der Waals surface area contributed by atoms with Crippen LogP contribution in [0.15, 0.2) is 12.4 Å². The van der Waals surface area contributed by atoms with Crippen LogP contribution in [-0.4, -0.2) is 40.7 Å². The fourth-order valence-corrected chi connectivity index (χ4v) is 1.09.